The minimum Gasteiger partial charge on any atom is -0.313 e. The Balaban J connectivity index is 2.03. The second kappa shape index (κ2) is 1.73. The van der Waals surface area contributed by atoms with Crippen LogP contribution in [0.5, 0.6) is 0 Å². The summed E-state index contributed by atoms with van der Waals surface area (Å²) in [5, 5.41) is 3.48. The Labute approximate surface area is 50.5 Å². The van der Waals surface area contributed by atoms with Crippen molar-refractivity contribution >= 4 is 0 Å². The van der Waals surface area contributed by atoms with Gasteiger partial charge in [-0.2, -0.15) is 0 Å². The molecule has 1 N–H and O–H groups in total. The van der Waals surface area contributed by atoms with Gasteiger partial charge in [-0.05, 0) is 25.2 Å². The van der Waals surface area contributed by atoms with E-state index in [-0.39, 0.29) is 0 Å². The Morgan fingerprint density at radius 2 is 2.50 bits per heavy atom. The zero-order valence-corrected chi connectivity index (χ0v) is 5.11. The maximum Gasteiger partial charge on any atom is 0.00732 e. The van der Waals surface area contributed by atoms with Crippen molar-refractivity contribution in [3.05, 3.63) is 5.92 Å². The molecule has 2 rings (SSSR count). The number of rotatable bonds is 0. The Morgan fingerprint density at radius 3 is 3.25 bits per heavy atom. The minimum atomic E-state index is 0.874. The van der Waals surface area contributed by atoms with Crippen LogP contribution in [0.2, 0.25) is 0 Å². The standard InChI is InChI=1S/C7H12N/c1-2-6-4-7(3-1)8-5-6/h7-8H,1-5H2. The molecule has 1 nitrogen and oxygen atoms in total. The van der Waals surface area contributed by atoms with Crippen LogP contribution >= 0.6 is 0 Å². The van der Waals surface area contributed by atoms with E-state index in [9.17, 15) is 0 Å². The number of hydrogen-bond acceptors (Lipinski definition) is 1. The average Bonchev–Trinajstić information content (AvgIpc) is 2.12. The van der Waals surface area contributed by atoms with E-state index in [0.29, 0.717) is 0 Å². The molecule has 8 heavy (non-hydrogen) atoms. The predicted octanol–water partition coefficient (Wildman–Crippen LogP) is 1.11. The largest absolute Gasteiger partial charge is 0.313 e. The van der Waals surface area contributed by atoms with E-state index in [1.54, 1.807) is 5.92 Å². The van der Waals surface area contributed by atoms with E-state index >= 15 is 0 Å². The predicted molar refractivity (Wildman–Crippen MR) is 33.5 cm³/mol. The summed E-state index contributed by atoms with van der Waals surface area (Å²) in [4.78, 5) is 0. The fourth-order valence-corrected chi connectivity index (χ4v) is 1.77. The van der Waals surface area contributed by atoms with Crippen LogP contribution in [-0.4, -0.2) is 12.6 Å². The van der Waals surface area contributed by atoms with Crippen LogP contribution in [-0.2, 0) is 0 Å². The van der Waals surface area contributed by atoms with E-state index in [1.807, 2.05) is 0 Å². The lowest BCUT2D eigenvalue weighted by molar-refractivity contribution is 0.502. The molecule has 2 bridgehead atoms. The molecule has 45 valence electrons. The average molecular weight is 110 g/mol. The molecule has 0 spiro atoms. The third-order valence-corrected chi connectivity index (χ3v) is 2.26. The van der Waals surface area contributed by atoms with Gasteiger partial charge in [-0.1, -0.05) is 6.42 Å². The fourth-order valence-electron chi connectivity index (χ4n) is 1.77. The van der Waals surface area contributed by atoms with Gasteiger partial charge in [-0.15, -0.1) is 0 Å². The van der Waals surface area contributed by atoms with Crippen molar-refractivity contribution in [3.8, 4) is 0 Å². The van der Waals surface area contributed by atoms with Crippen molar-refractivity contribution in [2.24, 2.45) is 0 Å². The fraction of sp³-hybridized carbons (Fsp3) is 0.857. The summed E-state index contributed by atoms with van der Waals surface area (Å²) < 4.78 is 0. The summed E-state index contributed by atoms with van der Waals surface area (Å²) in [5.41, 5.74) is 0. The Morgan fingerprint density at radius 1 is 1.50 bits per heavy atom. The molecule has 2 aliphatic rings. The van der Waals surface area contributed by atoms with Gasteiger partial charge in [-0.3, -0.25) is 0 Å². The van der Waals surface area contributed by atoms with Gasteiger partial charge in [0.05, 0.1) is 0 Å². The first-order valence-electron chi connectivity index (χ1n) is 3.52. The highest BCUT2D eigenvalue weighted by atomic mass is 15.0. The van der Waals surface area contributed by atoms with Gasteiger partial charge in [-0.25, -0.2) is 0 Å². The third kappa shape index (κ3) is 0.655. The summed E-state index contributed by atoms with van der Waals surface area (Å²) in [6.07, 6.45) is 5.65. The van der Waals surface area contributed by atoms with Gasteiger partial charge < -0.3 is 5.32 Å². The van der Waals surface area contributed by atoms with E-state index in [2.05, 4.69) is 5.32 Å². The molecule has 1 atom stereocenters. The third-order valence-electron chi connectivity index (χ3n) is 2.26. The van der Waals surface area contributed by atoms with Crippen molar-refractivity contribution in [2.75, 3.05) is 6.54 Å². The lowest BCUT2D eigenvalue weighted by Crippen LogP contribution is -2.20. The molecular formula is C7H12N. The maximum absolute atomic E-state index is 3.48. The lowest BCUT2D eigenvalue weighted by Gasteiger charge is -2.15. The molecule has 2 fully saturated rings. The Bertz CT molecular complexity index is 76.4. The first-order chi connectivity index (χ1) is 3.95. The molecule has 1 unspecified atom stereocenters. The quantitative estimate of drug-likeness (QED) is 0.492. The van der Waals surface area contributed by atoms with Gasteiger partial charge >= 0.3 is 0 Å². The molecule has 0 aromatic carbocycles. The second-order valence-electron chi connectivity index (χ2n) is 2.92. The van der Waals surface area contributed by atoms with E-state index in [4.69, 9.17) is 0 Å². The van der Waals surface area contributed by atoms with Crippen molar-refractivity contribution in [1.29, 1.82) is 0 Å². The van der Waals surface area contributed by atoms with Crippen molar-refractivity contribution in [2.45, 2.75) is 31.7 Å². The highest BCUT2D eigenvalue weighted by Crippen LogP contribution is 2.30. The smallest absolute Gasteiger partial charge is 0.00732 e. The molecular weight excluding hydrogens is 98.1 g/mol. The number of nitrogens with one attached hydrogen (secondary N) is 1. The summed E-state index contributed by atoms with van der Waals surface area (Å²) in [6.45, 7) is 1.23. The first kappa shape index (κ1) is 4.80. The molecule has 1 radical (unpaired) electrons. The SMILES string of the molecule is C1C[C]2CNC(C1)C2. The Hall–Kier alpha value is -0.0400. The van der Waals surface area contributed by atoms with Gasteiger partial charge in [0.1, 0.15) is 0 Å². The molecule has 1 aliphatic carbocycles. The molecule has 1 heterocycles. The molecule has 1 saturated carbocycles. The molecule has 1 saturated heterocycles. The molecule has 1 aliphatic heterocycles. The molecule has 1 heteroatoms. The van der Waals surface area contributed by atoms with Crippen LogP contribution in [0.15, 0.2) is 0 Å². The lowest BCUT2D eigenvalue weighted by atomic mass is 9.91. The summed E-state index contributed by atoms with van der Waals surface area (Å²) >= 11 is 0. The summed E-state index contributed by atoms with van der Waals surface area (Å²) in [6, 6.07) is 0.874. The normalized spacial score (nSPS) is 38.2. The van der Waals surface area contributed by atoms with Crippen LogP contribution in [0.25, 0.3) is 0 Å². The van der Waals surface area contributed by atoms with Gasteiger partial charge in [0, 0.05) is 12.6 Å². The molecule has 0 amide bonds. The van der Waals surface area contributed by atoms with Crippen LogP contribution < -0.4 is 5.32 Å². The molecule has 0 aromatic rings. The van der Waals surface area contributed by atoms with Crippen molar-refractivity contribution in [3.63, 3.8) is 0 Å². The second-order valence-corrected chi connectivity index (χ2v) is 2.92. The van der Waals surface area contributed by atoms with E-state index < -0.39 is 0 Å². The van der Waals surface area contributed by atoms with Gasteiger partial charge in [0.25, 0.3) is 0 Å². The minimum absolute atomic E-state index is 0.874. The number of fused-ring (bicyclic) bond motifs is 2. The van der Waals surface area contributed by atoms with E-state index in [1.165, 1.54) is 32.2 Å². The zero-order chi connectivity index (χ0) is 5.40. The van der Waals surface area contributed by atoms with Gasteiger partial charge in [0.15, 0.2) is 0 Å². The van der Waals surface area contributed by atoms with E-state index in [0.717, 1.165) is 6.04 Å². The first-order valence-corrected chi connectivity index (χ1v) is 3.52. The van der Waals surface area contributed by atoms with Crippen molar-refractivity contribution < 1.29 is 0 Å². The van der Waals surface area contributed by atoms with Crippen LogP contribution in [0.4, 0.5) is 0 Å². The van der Waals surface area contributed by atoms with Crippen LogP contribution in [0.3, 0.4) is 0 Å². The highest BCUT2D eigenvalue weighted by molar-refractivity contribution is 5.05. The summed E-state index contributed by atoms with van der Waals surface area (Å²) in [7, 11) is 0. The number of hydrogen-bond donors (Lipinski definition) is 1. The topological polar surface area (TPSA) is 12.0 Å². The maximum atomic E-state index is 3.48. The highest BCUT2D eigenvalue weighted by Gasteiger charge is 2.27. The van der Waals surface area contributed by atoms with Crippen LogP contribution in [0.1, 0.15) is 25.7 Å². The van der Waals surface area contributed by atoms with Gasteiger partial charge in [0.2, 0.25) is 0 Å². The van der Waals surface area contributed by atoms with Crippen molar-refractivity contribution in [1.82, 2.24) is 5.32 Å². The zero-order valence-electron chi connectivity index (χ0n) is 5.11. The molecule has 0 aromatic heterocycles. The monoisotopic (exact) mass is 110 g/mol. The van der Waals surface area contributed by atoms with Crippen LogP contribution in [0, 0.1) is 5.92 Å². The summed E-state index contributed by atoms with van der Waals surface area (Å²) in [5.74, 6) is 1.77. The Kier molecular flexibility index (Phi) is 1.04.